The first-order chi connectivity index (χ1) is 24.6. The van der Waals surface area contributed by atoms with E-state index in [9.17, 15) is 5.11 Å². The highest BCUT2D eigenvalue weighted by Crippen LogP contribution is 2.46. The number of phenolic OH excluding ortho intramolecular Hbond substituents is 1. The van der Waals surface area contributed by atoms with Gasteiger partial charge in [-0.05, 0) is 104 Å². The topological polar surface area (TPSA) is 50.9 Å². The first kappa shape index (κ1) is 34.9. The van der Waals surface area contributed by atoms with E-state index in [0.29, 0.717) is 11.4 Å². The van der Waals surface area contributed by atoms with Crippen molar-refractivity contribution >= 4 is 11.0 Å². The van der Waals surface area contributed by atoms with Gasteiger partial charge in [0.1, 0.15) is 11.6 Å². The maximum Gasteiger partial charge on any atom is 0.149 e. The standard InChI is InChI=1S/C48H49N3O/c1-46(2,3)33-27-36(35-29-37(41-22-16-17-25-49-41)40(48(7,8)9)30-39(35)47(4,5)6)44-42(28-33)51(34-20-14-11-15-21-34)45(50-44)38-26-32(23-24-43(38)52)31-18-12-10-13-19-31/h10-30,52H,1-9H3. The van der Waals surface area contributed by atoms with Crippen molar-refractivity contribution in [2.24, 2.45) is 0 Å². The molecule has 0 bridgehead atoms. The Kier molecular flexibility index (Phi) is 8.69. The number of imidazole rings is 1. The lowest BCUT2D eigenvalue weighted by Crippen LogP contribution is -2.19. The van der Waals surface area contributed by atoms with E-state index in [0.717, 1.165) is 50.2 Å². The van der Waals surface area contributed by atoms with Crippen LogP contribution in [0.3, 0.4) is 0 Å². The smallest absolute Gasteiger partial charge is 0.149 e. The number of fused-ring (bicyclic) bond motifs is 1. The molecule has 2 aromatic heterocycles. The average Bonchev–Trinajstić information content (AvgIpc) is 3.50. The molecule has 4 nitrogen and oxygen atoms in total. The number of benzene rings is 5. The average molecular weight is 684 g/mol. The van der Waals surface area contributed by atoms with Crippen molar-refractivity contribution in [3.63, 3.8) is 0 Å². The van der Waals surface area contributed by atoms with Gasteiger partial charge in [-0.1, -0.05) is 129 Å². The molecule has 5 aromatic carbocycles. The Hall–Kier alpha value is -5.48. The molecule has 0 aliphatic carbocycles. The van der Waals surface area contributed by atoms with Gasteiger partial charge in [-0.15, -0.1) is 0 Å². The predicted molar refractivity (Wildman–Crippen MR) is 218 cm³/mol. The summed E-state index contributed by atoms with van der Waals surface area (Å²) >= 11 is 0. The second-order valence-electron chi connectivity index (χ2n) is 17.0. The van der Waals surface area contributed by atoms with E-state index in [2.05, 4.69) is 146 Å². The second-order valence-corrected chi connectivity index (χ2v) is 17.0. The highest BCUT2D eigenvalue weighted by Gasteiger charge is 2.30. The molecule has 0 spiro atoms. The van der Waals surface area contributed by atoms with Crippen LogP contribution in [0.2, 0.25) is 0 Å². The molecule has 52 heavy (non-hydrogen) atoms. The first-order valence-electron chi connectivity index (χ1n) is 18.2. The van der Waals surface area contributed by atoms with Gasteiger partial charge in [-0.25, -0.2) is 4.98 Å². The molecule has 7 rings (SSSR count). The molecule has 0 atom stereocenters. The fourth-order valence-corrected chi connectivity index (χ4v) is 7.16. The lowest BCUT2D eigenvalue weighted by Gasteiger charge is -2.30. The number of aromatic nitrogens is 3. The summed E-state index contributed by atoms with van der Waals surface area (Å²) < 4.78 is 2.22. The van der Waals surface area contributed by atoms with E-state index in [4.69, 9.17) is 9.97 Å². The fourth-order valence-electron chi connectivity index (χ4n) is 7.16. The number of rotatable bonds is 5. The molecule has 4 heteroatoms. The Morgan fingerprint density at radius 1 is 0.519 bits per heavy atom. The summed E-state index contributed by atoms with van der Waals surface area (Å²) in [6.45, 7) is 20.5. The van der Waals surface area contributed by atoms with Gasteiger partial charge in [0.05, 0.1) is 22.3 Å². The van der Waals surface area contributed by atoms with Gasteiger partial charge < -0.3 is 5.11 Å². The van der Waals surface area contributed by atoms with E-state index in [1.54, 1.807) is 6.07 Å². The lowest BCUT2D eigenvalue weighted by molar-refractivity contribution is 0.477. The quantitative estimate of drug-likeness (QED) is 0.196. The van der Waals surface area contributed by atoms with Crippen LogP contribution in [0.1, 0.15) is 79.0 Å². The van der Waals surface area contributed by atoms with Crippen LogP contribution in [0, 0.1) is 0 Å². The van der Waals surface area contributed by atoms with Crippen molar-refractivity contribution in [1.82, 2.24) is 14.5 Å². The molecule has 0 saturated carbocycles. The summed E-state index contributed by atoms with van der Waals surface area (Å²) in [5.41, 5.74) is 13.2. The molecular weight excluding hydrogens is 635 g/mol. The van der Waals surface area contributed by atoms with Crippen molar-refractivity contribution in [2.45, 2.75) is 78.6 Å². The largest absolute Gasteiger partial charge is 0.507 e. The van der Waals surface area contributed by atoms with E-state index in [1.807, 2.05) is 42.6 Å². The van der Waals surface area contributed by atoms with Crippen molar-refractivity contribution in [1.29, 1.82) is 0 Å². The van der Waals surface area contributed by atoms with Gasteiger partial charge in [-0.3, -0.25) is 9.55 Å². The molecule has 0 aliphatic heterocycles. The summed E-state index contributed by atoms with van der Waals surface area (Å²) in [5.74, 6) is 0.879. The molecular formula is C48H49N3O. The number of nitrogens with zero attached hydrogens (tertiary/aromatic N) is 3. The van der Waals surface area contributed by atoms with E-state index in [-0.39, 0.29) is 22.0 Å². The van der Waals surface area contributed by atoms with Crippen LogP contribution in [0.25, 0.3) is 61.6 Å². The first-order valence-corrected chi connectivity index (χ1v) is 18.2. The van der Waals surface area contributed by atoms with Gasteiger partial charge in [0.15, 0.2) is 0 Å². The zero-order valence-corrected chi connectivity index (χ0v) is 31.9. The van der Waals surface area contributed by atoms with Crippen LogP contribution < -0.4 is 0 Å². The van der Waals surface area contributed by atoms with Gasteiger partial charge in [0.25, 0.3) is 0 Å². The molecule has 0 radical (unpaired) electrons. The SMILES string of the molecule is CC(C)(C)c1cc(-c2cc(-c3ccccn3)c(C(C)(C)C)cc2C(C)(C)C)c2nc(-c3cc(-c4ccccc4)ccc3O)n(-c3ccccc3)c2c1. The molecule has 0 amide bonds. The van der Waals surface area contributed by atoms with Gasteiger partial charge >= 0.3 is 0 Å². The number of pyridine rings is 1. The van der Waals surface area contributed by atoms with Crippen LogP contribution in [0.15, 0.2) is 128 Å². The fraction of sp³-hybridized carbons (Fsp3) is 0.250. The van der Waals surface area contributed by atoms with Crippen LogP contribution in [-0.2, 0) is 16.2 Å². The van der Waals surface area contributed by atoms with E-state index < -0.39 is 0 Å². The van der Waals surface area contributed by atoms with Crippen LogP contribution >= 0.6 is 0 Å². The molecule has 2 heterocycles. The minimum atomic E-state index is -0.171. The van der Waals surface area contributed by atoms with Crippen molar-refractivity contribution in [2.75, 3.05) is 0 Å². The number of hydrogen-bond acceptors (Lipinski definition) is 3. The summed E-state index contributed by atoms with van der Waals surface area (Å²) in [5, 5.41) is 11.6. The second kappa shape index (κ2) is 12.9. The number of aromatic hydroxyl groups is 1. The lowest BCUT2D eigenvalue weighted by atomic mass is 9.74. The van der Waals surface area contributed by atoms with Crippen LogP contribution in [0.4, 0.5) is 0 Å². The molecule has 262 valence electrons. The molecule has 0 aliphatic rings. The van der Waals surface area contributed by atoms with Crippen molar-refractivity contribution in [3.8, 4) is 56.3 Å². The zero-order valence-electron chi connectivity index (χ0n) is 31.9. The molecule has 1 N–H and O–H groups in total. The number of para-hydroxylation sites is 1. The highest BCUT2D eigenvalue weighted by atomic mass is 16.3. The Morgan fingerprint density at radius 2 is 1.15 bits per heavy atom. The molecule has 0 saturated heterocycles. The third-order valence-corrected chi connectivity index (χ3v) is 9.99. The maximum absolute atomic E-state index is 11.6. The Morgan fingerprint density at radius 3 is 1.77 bits per heavy atom. The highest BCUT2D eigenvalue weighted by molar-refractivity contribution is 5.99. The molecule has 7 aromatic rings. The number of hydrogen-bond donors (Lipinski definition) is 1. The zero-order chi connectivity index (χ0) is 37.0. The minimum absolute atomic E-state index is 0.114. The van der Waals surface area contributed by atoms with Gasteiger partial charge in [-0.2, -0.15) is 0 Å². The summed E-state index contributed by atoms with van der Waals surface area (Å²) in [6.07, 6.45) is 1.88. The minimum Gasteiger partial charge on any atom is -0.507 e. The maximum atomic E-state index is 11.6. The Balaban J connectivity index is 1.64. The third kappa shape index (κ3) is 6.54. The Labute approximate surface area is 308 Å². The van der Waals surface area contributed by atoms with Crippen LogP contribution in [-0.4, -0.2) is 19.6 Å². The Bertz CT molecular complexity index is 2390. The van der Waals surface area contributed by atoms with E-state index in [1.165, 1.54) is 16.7 Å². The number of phenols is 1. The predicted octanol–water partition coefficient (Wildman–Crippen LogP) is 12.7. The molecule has 0 unspecified atom stereocenters. The van der Waals surface area contributed by atoms with Crippen LogP contribution in [0.5, 0.6) is 5.75 Å². The normalized spacial score (nSPS) is 12.4. The molecule has 0 fully saturated rings. The monoisotopic (exact) mass is 683 g/mol. The third-order valence-electron chi connectivity index (χ3n) is 9.99. The summed E-state index contributed by atoms with van der Waals surface area (Å²) in [6, 6.07) is 42.1. The van der Waals surface area contributed by atoms with Gasteiger partial charge in [0.2, 0.25) is 0 Å². The van der Waals surface area contributed by atoms with E-state index >= 15 is 0 Å². The van der Waals surface area contributed by atoms with Crippen molar-refractivity contribution in [3.05, 3.63) is 144 Å². The summed E-state index contributed by atoms with van der Waals surface area (Å²) in [7, 11) is 0. The van der Waals surface area contributed by atoms with Crippen molar-refractivity contribution < 1.29 is 5.11 Å². The summed E-state index contributed by atoms with van der Waals surface area (Å²) in [4.78, 5) is 10.4. The van der Waals surface area contributed by atoms with Gasteiger partial charge in [0, 0.05) is 23.0 Å².